The van der Waals surface area contributed by atoms with Crippen molar-refractivity contribution in [1.82, 2.24) is 19.7 Å². The van der Waals surface area contributed by atoms with Crippen LogP contribution in [0.3, 0.4) is 0 Å². The van der Waals surface area contributed by atoms with Gasteiger partial charge < -0.3 is 18.7 Å². The van der Waals surface area contributed by atoms with Crippen LogP contribution in [0.25, 0.3) is 22.4 Å². The number of aryl methyl sites for hydroxylation is 1. The van der Waals surface area contributed by atoms with Crippen LogP contribution < -0.4 is 0 Å². The van der Waals surface area contributed by atoms with E-state index in [0.717, 1.165) is 59.4 Å². The second kappa shape index (κ2) is 8.36. The van der Waals surface area contributed by atoms with Crippen molar-refractivity contribution < 1.29 is 13.9 Å². The maximum Gasteiger partial charge on any atom is 0.277 e. The van der Waals surface area contributed by atoms with Gasteiger partial charge in [0.25, 0.3) is 11.1 Å². The summed E-state index contributed by atoms with van der Waals surface area (Å²) in [5.41, 5.74) is 4.70. The number of carbonyl (C=O) groups excluding carboxylic acids is 1. The number of hydrogen-bond donors (Lipinski definition) is 1. The Hall–Kier alpha value is -2.84. The van der Waals surface area contributed by atoms with Gasteiger partial charge in [0.15, 0.2) is 5.78 Å². The number of H-pyrrole nitrogens is 1. The Morgan fingerprint density at radius 3 is 3.00 bits per heavy atom. The molecule has 31 heavy (non-hydrogen) atoms. The maximum absolute atomic E-state index is 12.9. The van der Waals surface area contributed by atoms with Crippen molar-refractivity contribution in [3.05, 3.63) is 53.5 Å². The summed E-state index contributed by atoms with van der Waals surface area (Å²) in [6.45, 7) is 5.67. The molecule has 3 aromatic heterocycles. The zero-order chi connectivity index (χ0) is 21.4. The molecule has 7 nitrogen and oxygen atoms in total. The Morgan fingerprint density at radius 1 is 1.29 bits per heavy atom. The molecular weight excluding hydrogens is 412 g/mol. The number of ketones is 1. The van der Waals surface area contributed by atoms with Crippen LogP contribution in [0.1, 0.15) is 34.6 Å². The molecule has 0 spiro atoms. The third-order valence-corrected chi connectivity index (χ3v) is 6.66. The molecule has 0 radical (unpaired) electrons. The molecule has 1 atom stereocenters. The summed E-state index contributed by atoms with van der Waals surface area (Å²) in [7, 11) is 0. The van der Waals surface area contributed by atoms with E-state index in [1.165, 1.54) is 11.8 Å². The fourth-order valence-electron chi connectivity index (χ4n) is 4.19. The predicted octanol–water partition coefficient (Wildman–Crippen LogP) is 4.79. The lowest BCUT2D eigenvalue weighted by Gasteiger charge is -2.14. The minimum atomic E-state index is 0.0588. The van der Waals surface area contributed by atoms with E-state index in [-0.39, 0.29) is 17.6 Å². The molecule has 1 N–H and O–H groups in total. The first kappa shape index (κ1) is 20.1. The Kier molecular flexibility index (Phi) is 5.41. The van der Waals surface area contributed by atoms with Crippen molar-refractivity contribution in [3.8, 4) is 11.5 Å². The third-order valence-electron chi connectivity index (χ3n) is 5.84. The molecular formula is C23H24N4O3S. The molecule has 1 unspecified atom stereocenters. The van der Waals surface area contributed by atoms with Gasteiger partial charge in [-0.2, -0.15) is 0 Å². The average Bonchev–Trinajstić information content (AvgIpc) is 3.56. The molecule has 0 saturated carbocycles. The average molecular weight is 437 g/mol. The van der Waals surface area contributed by atoms with Crippen molar-refractivity contribution in [2.75, 3.05) is 12.4 Å². The SMILES string of the molecule is Cc1cc(C(=O)CSc2nnc(-c3c[nH]c4ccccc34)o2)c(C)n1CC1CCCO1. The highest BCUT2D eigenvalue weighted by molar-refractivity contribution is 7.99. The highest BCUT2D eigenvalue weighted by Crippen LogP contribution is 2.30. The van der Waals surface area contributed by atoms with Crippen LogP contribution in [0.4, 0.5) is 0 Å². The lowest BCUT2D eigenvalue weighted by atomic mass is 10.2. The fraction of sp³-hybridized carbons (Fsp3) is 0.348. The number of rotatable bonds is 7. The number of hydrogen-bond acceptors (Lipinski definition) is 6. The van der Waals surface area contributed by atoms with Crippen molar-refractivity contribution in [2.24, 2.45) is 0 Å². The van der Waals surface area contributed by atoms with E-state index < -0.39 is 0 Å². The number of para-hydroxylation sites is 1. The number of aromatic nitrogens is 4. The monoisotopic (exact) mass is 436 g/mol. The van der Waals surface area contributed by atoms with Crippen LogP contribution >= 0.6 is 11.8 Å². The molecule has 4 aromatic rings. The minimum absolute atomic E-state index is 0.0588. The van der Waals surface area contributed by atoms with Gasteiger partial charge in [0.2, 0.25) is 0 Å². The minimum Gasteiger partial charge on any atom is -0.411 e. The van der Waals surface area contributed by atoms with E-state index in [4.69, 9.17) is 9.15 Å². The van der Waals surface area contributed by atoms with Gasteiger partial charge in [-0.1, -0.05) is 30.0 Å². The summed E-state index contributed by atoms with van der Waals surface area (Å²) in [6.07, 6.45) is 4.28. The smallest absolute Gasteiger partial charge is 0.277 e. The summed E-state index contributed by atoms with van der Waals surface area (Å²) in [5.74, 6) is 0.755. The quantitative estimate of drug-likeness (QED) is 0.331. The van der Waals surface area contributed by atoms with E-state index in [0.29, 0.717) is 11.1 Å². The largest absolute Gasteiger partial charge is 0.411 e. The van der Waals surface area contributed by atoms with Gasteiger partial charge in [0, 0.05) is 47.2 Å². The molecule has 1 aliphatic heterocycles. The zero-order valence-electron chi connectivity index (χ0n) is 17.6. The molecule has 1 fully saturated rings. The molecule has 0 bridgehead atoms. The Balaban J connectivity index is 1.27. The molecule has 0 amide bonds. The fourth-order valence-corrected chi connectivity index (χ4v) is 4.83. The van der Waals surface area contributed by atoms with Gasteiger partial charge in [-0.15, -0.1) is 10.2 Å². The summed E-state index contributed by atoms with van der Waals surface area (Å²) < 4.78 is 13.8. The van der Waals surface area contributed by atoms with Gasteiger partial charge in [-0.25, -0.2) is 0 Å². The van der Waals surface area contributed by atoms with Crippen LogP contribution in [-0.2, 0) is 11.3 Å². The Bertz CT molecular complexity index is 1230. The van der Waals surface area contributed by atoms with Gasteiger partial charge in [-0.3, -0.25) is 4.79 Å². The Morgan fingerprint density at radius 2 is 2.16 bits per heavy atom. The van der Waals surface area contributed by atoms with E-state index >= 15 is 0 Å². The lowest BCUT2D eigenvalue weighted by molar-refractivity contribution is 0.0957. The molecule has 0 aliphatic carbocycles. The first-order chi connectivity index (χ1) is 15.1. The summed E-state index contributed by atoms with van der Waals surface area (Å²) in [4.78, 5) is 16.1. The van der Waals surface area contributed by atoms with Gasteiger partial charge >= 0.3 is 0 Å². The third kappa shape index (κ3) is 3.93. The molecule has 1 aliphatic rings. The van der Waals surface area contributed by atoms with E-state index in [9.17, 15) is 4.79 Å². The number of nitrogens with zero attached hydrogens (tertiary/aromatic N) is 3. The maximum atomic E-state index is 12.9. The molecule has 1 aromatic carbocycles. The second-order valence-electron chi connectivity index (χ2n) is 7.86. The molecule has 160 valence electrons. The summed E-state index contributed by atoms with van der Waals surface area (Å²) >= 11 is 1.27. The lowest BCUT2D eigenvalue weighted by Crippen LogP contribution is -2.17. The van der Waals surface area contributed by atoms with Crippen molar-refractivity contribution in [2.45, 2.75) is 44.6 Å². The van der Waals surface area contributed by atoms with Crippen LogP contribution in [-0.4, -0.2) is 44.0 Å². The number of benzene rings is 1. The first-order valence-corrected chi connectivity index (χ1v) is 11.4. The van der Waals surface area contributed by atoms with E-state index in [1.807, 2.05) is 50.4 Å². The number of thioether (sulfide) groups is 1. The number of ether oxygens (including phenoxy) is 1. The summed E-state index contributed by atoms with van der Waals surface area (Å²) in [6, 6.07) is 9.92. The zero-order valence-corrected chi connectivity index (χ0v) is 18.4. The molecule has 5 rings (SSSR count). The summed E-state index contributed by atoms with van der Waals surface area (Å²) in [5, 5.41) is 9.70. The normalized spacial score (nSPS) is 16.4. The van der Waals surface area contributed by atoms with Crippen molar-refractivity contribution >= 4 is 28.4 Å². The highest BCUT2D eigenvalue weighted by atomic mass is 32.2. The second-order valence-corrected chi connectivity index (χ2v) is 8.79. The number of aromatic amines is 1. The van der Waals surface area contributed by atoms with Gasteiger partial charge in [0.05, 0.1) is 17.4 Å². The van der Waals surface area contributed by atoms with Gasteiger partial charge in [0.1, 0.15) is 0 Å². The predicted molar refractivity (Wildman–Crippen MR) is 120 cm³/mol. The first-order valence-electron chi connectivity index (χ1n) is 10.4. The van der Waals surface area contributed by atoms with E-state index in [2.05, 4.69) is 19.7 Å². The molecule has 8 heteroatoms. The number of fused-ring (bicyclic) bond motifs is 1. The van der Waals surface area contributed by atoms with Crippen LogP contribution in [0.5, 0.6) is 0 Å². The van der Waals surface area contributed by atoms with Crippen molar-refractivity contribution in [1.29, 1.82) is 0 Å². The van der Waals surface area contributed by atoms with Gasteiger partial charge in [-0.05, 0) is 38.8 Å². The topological polar surface area (TPSA) is 85.9 Å². The molecule has 4 heterocycles. The number of nitrogens with one attached hydrogen (secondary N) is 1. The standard InChI is InChI=1S/C23H24N4O3S/c1-14-10-18(15(2)27(14)12-16-6-5-9-29-16)21(28)13-31-23-26-25-22(30-23)19-11-24-20-8-4-3-7-17(19)20/h3-4,7-8,10-11,16,24H,5-6,9,12-13H2,1-2H3. The van der Waals surface area contributed by atoms with Crippen LogP contribution in [0.2, 0.25) is 0 Å². The Labute approximate surface area is 184 Å². The van der Waals surface area contributed by atoms with Crippen molar-refractivity contribution in [3.63, 3.8) is 0 Å². The highest BCUT2D eigenvalue weighted by Gasteiger charge is 2.22. The van der Waals surface area contributed by atoms with E-state index in [1.54, 1.807) is 0 Å². The van der Waals surface area contributed by atoms with Crippen LogP contribution in [0, 0.1) is 13.8 Å². The number of carbonyl (C=O) groups is 1. The molecule has 1 saturated heterocycles. The number of Topliss-reactive ketones (excluding diaryl/α,β-unsaturated/α-hetero) is 1. The van der Waals surface area contributed by atoms with Crippen LogP contribution in [0.15, 0.2) is 46.2 Å².